The van der Waals surface area contributed by atoms with Crippen molar-refractivity contribution in [1.29, 1.82) is 0 Å². The van der Waals surface area contributed by atoms with Crippen LogP contribution in [-0.2, 0) is 4.74 Å². The quantitative estimate of drug-likeness (QED) is 0.521. The number of imide groups is 1. The summed E-state index contributed by atoms with van der Waals surface area (Å²) in [6.45, 7) is 0.889. The van der Waals surface area contributed by atoms with E-state index in [2.05, 4.69) is 10.6 Å². The monoisotopic (exact) mass is 360 g/mol. The number of nitrogens with two attached hydrogens (primary N) is 1. The van der Waals surface area contributed by atoms with Crippen molar-refractivity contribution in [3.05, 3.63) is 51.6 Å². The van der Waals surface area contributed by atoms with Crippen LogP contribution in [0.25, 0.3) is 5.69 Å². The molecule has 136 valence electrons. The molecule has 1 aliphatic heterocycles. The molecule has 4 N–H and O–H groups in total. The van der Waals surface area contributed by atoms with Gasteiger partial charge in [0.2, 0.25) is 0 Å². The molecule has 1 aromatic carbocycles. The van der Waals surface area contributed by atoms with Crippen molar-refractivity contribution in [2.75, 3.05) is 31.3 Å². The van der Waals surface area contributed by atoms with E-state index in [1.807, 2.05) is 0 Å². The summed E-state index contributed by atoms with van der Waals surface area (Å²) in [4.78, 5) is 36.2. The van der Waals surface area contributed by atoms with Crippen LogP contribution in [0.3, 0.4) is 0 Å². The molecule has 0 saturated heterocycles. The number of nitrogen functional groups attached to an aromatic ring is 1. The molecule has 0 unspecified atom stereocenters. The van der Waals surface area contributed by atoms with Crippen LogP contribution in [0.1, 0.15) is 27.1 Å². The summed E-state index contributed by atoms with van der Waals surface area (Å²) < 4.78 is 20.3. The minimum Gasteiger partial charge on any atom is -0.385 e. The van der Waals surface area contributed by atoms with Crippen molar-refractivity contribution in [3.8, 4) is 5.69 Å². The van der Waals surface area contributed by atoms with Gasteiger partial charge in [0, 0.05) is 26.3 Å². The lowest BCUT2D eigenvalue weighted by atomic mass is 10.1. The molecule has 3 rings (SSSR count). The van der Waals surface area contributed by atoms with E-state index in [4.69, 9.17) is 10.5 Å². The van der Waals surface area contributed by atoms with E-state index in [9.17, 15) is 18.8 Å². The normalized spacial score (nSPS) is 12.8. The first-order chi connectivity index (χ1) is 12.5. The van der Waals surface area contributed by atoms with Crippen LogP contribution in [0.4, 0.5) is 15.9 Å². The number of para-hydroxylation sites is 1. The molecular weight excluding hydrogens is 343 g/mol. The zero-order valence-corrected chi connectivity index (χ0v) is 14.0. The first-order valence-electron chi connectivity index (χ1n) is 7.88. The maximum Gasteiger partial charge on any atom is 0.262 e. The lowest BCUT2D eigenvalue weighted by Gasteiger charge is -2.17. The van der Waals surface area contributed by atoms with Gasteiger partial charge in [-0.2, -0.15) is 0 Å². The Hall–Kier alpha value is -3.20. The molecule has 2 amide bonds. The number of aromatic nitrogens is 1. The van der Waals surface area contributed by atoms with E-state index in [1.54, 1.807) is 7.11 Å². The third kappa shape index (κ3) is 2.93. The SMILES string of the molecule is COCCCNc1c(F)cccc1-n1c(N)c2c(cc1=O)C(=O)NC2=O. The standard InChI is InChI=1S/C17H17FN4O4/c1-26-7-3-6-20-14-10(18)4-2-5-11(14)22-12(23)8-9-13(15(22)19)17(25)21-16(9)24/h2,4-5,8,20H,3,6-7,19H2,1H3,(H,21,24,25). The Bertz CT molecular complexity index is 955. The van der Waals surface area contributed by atoms with Gasteiger partial charge in [0.25, 0.3) is 17.4 Å². The number of fused-ring (bicyclic) bond motifs is 1. The summed E-state index contributed by atoms with van der Waals surface area (Å²) in [6, 6.07) is 5.19. The summed E-state index contributed by atoms with van der Waals surface area (Å²) in [5.41, 5.74) is 5.40. The zero-order chi connectivity index (χ0) is 18.8. The predicted molar refractivity (Wildman–Crippen MR) is 93.2 cm³/mol. The molecule has 0 fully saturated rings. The maximum absolute atomic E-state index is 14.3. The molecule has 26 heavy (non-hydrogen) atoms. The maximum atomic E-state index is 14.3. The average molecular weight is 360 g/mol. The van der Waals surface area contributed by atoms with Crippen LogP contribution in [0.2, 0.25) is 0 Å². The molecule has 0 spiro atoms. The molecule has 9 heteroatoms. The molecule has 0 atom stereocenters. The number of carbonyl (C=O) groups is 2. The number of hydrogen-bond acceptors (Lipinski definition) is 6. The number of benzene rings is 1. The van der Waals surface area contributed by atoms with Gasteiger partial charge in [0.15, 0.2) is 0 Å². The summed E-state index contributed by atoms with van der Waals surface area (Å²) >= 11 is 0. The third-order valence-electron chi connectivity index (χ3n) is 4.01. The Morgan fingerprint density at radius 2 is 2.04 bits per heavy atom. The van der Waals surface area contributed by atoms with E-state index >= 15 is 0 Å². The molecule has 2 aromatic rings. The lowest BCUT2D eigenvalue weighted by molar-refractivity contribution is 0.0880. The molecule has 8 nitrogen and oxygen atoms in total. The molecular formula is C17H17FN4O4. The highest BCUT2D eigenvalue weighted by Crippen LogP contribution is 2.28. The van der Waals surface area contributed by atoms with Gasteiger partial charge < -0.3 is 15.8 Å². The number of hydrogen-bond donors (Lipinski definition) is 3. The molecule has 1 aliphatic rings. The van der Waals surface area contributed by atoms with Gasteiger partial charge in [0.1, 0.15) is 11.6 Å². The number of carbonyl (C=O) groups excluding carboxylic acids is 2. The Labute approximate surface area is 147 Å². The van der Waals surface area contributed by atoms with E-state index in [0.29, 0.717) is 19.6 Å². The molecule has 0 saturated carbocycles. The number of methoxy groups -OCH3 is 1. The Kier molecular flexibility index (Phi) is 4.72. The molecule has 0 aliphatic carbocycles. The second kappa shape index (κ2) is 6.96. The minimum atomic E-state index is -0.692. The fourth-order valence-electron chi connectivity index (χ4n) is 2.83. The highest BCUT2D eigenvalue weighted by molar-refractivity contribution is 6.23. The average Bonchev–Trinajstić information content (AvgIpc) is 2.87. The molecule has 0 radical (unpaired) electrons. The second-order valence-electron chi connectivity index (χ2n) is 5.68. The van der Waals surface area contributed by atoms with Crippen LogP contribution < -0.4 is 21.9 Å². The van der Waals surface area contributed by atoms with Crippen LogP contribution in [0, 0.1) is 5.82 Å². The number of anilines is 2. The Morgan fingerprint density at radius 1 is 1.27 bits per heavy atom. The van der Waals surface area contributed by atoms with E-state index < -0.39 is 23.2 Å². The fraction of sp³-hybridized carbons (Fsp3) is 0.235. The van der Waals surface area contributed by atoms with Gasteiger partial charge in [0.05, 0.1) is 22.5 Å². The highest BCUT2D eigenvalue weighted by Gasteiger charge is 2.32. The fourth-order valence-corrected chi connectivity index (χ4v) is 2.83. The van der Waals surface area contributed by atoms with Gasteiger partial charge in [-0.15, -0.1) is 0 Å². The van der Waals surface area contributed by atoms with Crippen molar-refractivity contribution < 1.29 is 18.7 Å². The number of amides is 2. The Balaban J connectivity index is 2.12. The summed E-state index contributed by atoms with van der Waals surface area (Å²) in [5.74, 6) is -2.17. The van der Waals surface area contributed by atoms with Crippen molar-refractivity contribution in [2.24, 2.45) is 0 Å². The zero-order valence-electron chi connectivity index (χ0n) is 14.0. The van der Waals surface area contributed by atoms with Crippen molar-refractivity contribution >= 4 is 23.3 Å². The molecule has 0 bridgehead atoms. The van der Waals surface area contributed by atoms with E-state index in [1.165, 1.54) is 18.2 Å². The smallest absolute Gasteiger partial charge is 0.262 e. The van der Waals surface area contributed by atoms with Crippen molar-refractivity contribution in [2.45, 2.75) is 6.42 Å². The van der Waals surface area contributed by atoms with Gasteiger partial charge in [-0.05, 0) is 18.6 Å². The number of nitrogens with one attached hydrogen (secondary N) is 2. The largest absolute Gasteiger partial charge is 0.385 e. The van der Waals surface area contributed by atoms with E-state index in [-0.39, 0.29) is 28.3 Å². The first-order valence-corrected chi connectivity index (χ1v) is 7.88. The number of ether oxygens (including phenoxy) is 1. The highest BCUT2D eigenvalue weighted by atomic mass is 19.1. The van der Waals surface area contributed by atoms with Gasteiger partial charge in [-0.25, -0.2) is 4.39 Å². The van der Waals surface area contributed by atoms with Crippen LogP contribution >= 0.6 is 0 Å². The van der Waals surface area contributed by atoms with Crippen LogP contribution in [0.15, 0.2) is 29.1 Å². The second-order valence-corrected chi connectivity index (χ2v) is 5.68. The predicted octanol–water partition coefficient (Wildman–Crippen LogP) is 0.891. The van der Waals surface area contributed by atoms with Gasteiger partial charge in [-0.3, -0.25) is 24.3 Å². The van der Waals surface area contributed by atoms with E-state index in [0.717, 1.165) is 10.6 Å². The van der Waals surface area contributed by atoms with Crippen molar-refractivity contribution in [1.82, 2.24) is 9.88 Å². The van der Waals surface area contributed by atoms with Gasteiger partial charge in [-0.1, -0.05) is 6.07 Å². The summed E-state index contributed by atoms with van der Waals surface area (Å²) in [6.07, 6.45) is 0.621. The Morgan fingerprint density at radius 3 is 2.77 bits per heavy atom. The summed E-state index contributed by atoms with van der Waals surface area (Å²) in [7, 11) is 1.56. The number of halogens is 1. The number of nitrogens with zero attached hydrogens (tertiary/aromatic N) is 1. The van der Waals surface area contributed by atoms with Crippen LogP contribution in [-0.4, -0.2) is 36.6 Å². The first kappa shape index (κ1) is 17.6. The van der Waals surface area contributed by atoms with Gasteiger partial charge >= 0.3 is 0 Å². The number of rotatable bonds is 6. The number of pyridine rings is 1. The molecule has 1 aromatic heterocycles. The lowest BCUT2D eigenvalue weighted by Crippen LogP contribution is -2.25. The van der Waals surface area contributed by atoms with Crippen molar-refractivity contribution in [3.63, 3.8) is 0 Å². The topological polar surface area (TPSA) is 115 Å². The molecule has 2 heterocycles. The summed E-state index contributed by atoms with van der Waals surface area (Å²) in [5, 5.41) is 5.01. The minimum absolute atomic E-state index is 0.0714. The third-order valence-corrected chi connectivity index (χ3v) is 4.01. The van der Waals surface area contributed by atoms with Crippen LogP contribution in [0.5, 0.6) is 0 Å².